The maximum absolute atomic E-state index is 13.3. The highest BCUT2D eigenvalue weighted by atomic mass is 19.1. The number of aryl methyl sites for hydroxylation is 1. The van der Waals surface area contributed by atoms with Crippen LogP contribution in [0.3, 0.4) is 0 Å². The summed E-state index contributed by atoms with van der Waals surface area (Å²) < 4.78 is 26.5. The number of pyridine rings is 1. The Kier molecular flexibility index (Phi) is 4.95. The topological polar surface area (TPSA) is 79.4 Å². The lowest BCUT2D eigenvalue weighted by molar-refractivity contribution is 0.628. The van der Waals surface area contributed by atoms with E-state index in [2.05, 4.69) is 30.2 Å². The van der Waals surface area contributed by atoms with Crippen molar-refractivity contribution in [3.05, 3.63) is 78.4 Å². The van der Waals surface area contributed by atoms with Crippen LogP contribution in [0, 0.1) is 11.6 Å². The summed E-state index contributed by atoms with van der Waals surface area (Å²) in [6.07, 6.45) is 3.00. The van der Waals surface area contributed by atoms with Gasteiger partial charge in [-0.25, -0.2) is 28.7 Å². The highest BCUT2D eigenvalue weighted by Crippen LogP contribution is 2.23. The molecule has 5 aromatic rings. The third-order valence-electron chi connectivity index (χ3n) is 5.00. The Bertz CT molecular complexity index is 1360. The average molecular weight is 416 g/mol. The van der Waals surface area contributed by atoms with Gasteiger partial charge in [0.1, 0.15) is 29.3 Å². The number of benzene rings is 2. The SMILES string of the molecule is Fc1ccc(-c2ccc3ncnc(NCCCc4nc5ccc(F)cc5[nH]4)c3n2)cc1. The molecule has 0 radical (unpaired) electrons. The minimum atomic E-state index is -0.287. The summed E-state index contributed by atoms with van der Waals surface area (Å²) in [6, 6.07) is 14.5. The molecule has 5 rings (SSSR count). The molecule has 0 aliphatic rings. The average Bonchev–Trinajstić information content (AvgIpc) is 3.19. The standard InChI is InChI=1S/C23H18F2N6/c24-15-5-3-14(4-6-15)17-9-10-19-22(31-17)23(28-13-27-19)26-11-1-2-21-29-18-8-7-16(25)12-20(18)30-21/h3-10,12-13H,1-2,11H2,(H,29,30)(H,26,27,28). The summed E-state index contributed by atoms with van der Waals surface area (Å²) in [7, 11) is 0. The lowest BCUT2D eigenvalue weighted by Gasteiger charge is -2.09. The lowest BCUT2D eigenvalue weighted by atomic mass is 10.1. The van der Waals surface area contributed by atoms with E-state index in [9.17, 15) is 8.78 Å². The molecule has 0 atom stereocenters. The van der Waals surface area contributed by atoms with Crippen LogP contribution in [0.4, 0.5) is 14.6 Å². The van der Waals surface area contributed by atoms with Gasteiger partial charge in [-0.1, -0.05) is 0 Å². The summed E-state index contributed by atoms with van der Waals surface area (Å²) in [5.41, 5.74) is 4.37. The fourth-order valence-electron chi connectivity index (χ4n) is 3.47. The van der Waals surface area contributed by atoms with Crippen molar-refractivity contribution in [2.24, 2.45) is 0 Å². The summed E-state index contributed by atoms with van der Waals surface area (Å²) in [5.74, 6) is 0.879. The number of imidazole rings is 1. The number of fused-ring (bicyclic) bond motifs is 2. The van der Waals surface area contributed by atoms with Gasteiger partial charge in [0.2, 0.25) is 0 Å². The molecule has 6 nitrogen and oxygen atoms in total. The fourth-order valence-corrected chi connectivity index (χ4v) is 3.47. The van der Waals surface area contributed by atoms with Crippen molar-refractivity contribution in [2.45, 2.75) is 12.8 Å². The maximum atomic E-state index is 13.3. The first-order valence-corrected chi connectivity index (χ1v) is 9.91. The summed E-state index contributed by atoms with van der Waals surface area (Å²) in [5, 5.41) is 3.31. The zero-order valence-corrected chi connectivity index (χ0v) is 16.4. The molecule has 0 aliphatic heterocycles. The van der Waals surface area contributed by atoms with Crippen LogP contribution < -0.4 is 5.32 Å². The van der Waals surface area contributed by atoms with E-state index in [1.165, 1.54) is 30.6 Å². The van der Waals surface area contributed by atoms with E-state index in [1.54, 1.807) is 18.2 Å². The Morgan fingerprint density at radius 3 is 2.52 bits per heavy atom. The Morgan fingerprint density at radius 1 is 0.839 bits per heavy atom. The Morgan fingerprint density at radius 2 is 1.65 bits per heavy atom. The molecule has 0 bridgehead atoms. The molecule has 0 unspecified atom stereocenters. The van der Waals surface area contributed by atoms with Crippen molar-refractivity contribution in [1.29, 1.82) is 0 Å². The van der Waals surface area contributed by atoms with Crippen molar-refractivity contribution in [3.8, 4) is 11.3 Å². The number of anilines is 1. The summed E-state index contributed by atoms with van der Waals surface area (Å²) in [4.78, 5) is 20.9. The second-order valence-electron chi connectivity index (χ2n) is 7.17. The molecule has 31 heavy (non-hydrogen) atoms. The first-order chi connectivity index (χ1) is 15.2. The van der Waals surface area contributed by atoms with E-state index < -0.39 is 0 Å². The molecular weight excluding hydrogens is 398 g/mol. The number of H-pyrrole nitrogens is 1. The minimum absolute atomic E-state index is 0.285. The highest BCUT2D eigenvalue weighted by molar-refractivity contribution is 5.86. The van der Waals surface area contributed by atoms with Crippen LogP contribution in [-0.2, 0) is 6.42 Å². The minimum Gasteiger partial charge on any atom is -0.368 e. The molecule has 0 aliphatic carbocycles. The van der Waals surface area contributed by atoms with Gasteiger partial charge in [-0.15, -0.1) is 0 Å². The second-order valence-corrected chi connectivity index (χ2v) is 7.17. The molecule has 2 aromatic carbocycles. The highest BCUT2D eigenvalue weighted by Gasteiger charge is 2.09. The van der Waals surface area contributed by atoms with E-state index >= 15 is 0 Å². The van der Waals surface area contributed by atoms with Crippen LogP contribution in [0.2, 0.25) is 0 Å². The number of rotatable bonds is 6. The predicted octanol–water partition coefficient (Wildman–Crippen LogP) is 4.89. The molecule has 3 aromatic heterocycles. The van der Waals surface area contributed by atoms with Gasteiger partial charge in [-0.2, -0.15) is 0 Å². The van der Waals surface area contributed by atoms with E-state index in [0.29, 0.717) is 29.8 Å². The molecule has 0 spiro atoms. The van der Waals surface area contributed by atoms with E-state index in [4.69, 9.17) is 0 Å². The number of hydrogen-bond acceptors (Lipinski definition) is 5. The zero-order valence-electron chi connectivity index (χ0n) is 16.4. The van der Waals surface area contributed by atoms with Gasteiger partial charge in [0, 0.05) is 18.5 Å². The van der Waals surface area contributed by atoms with Crippen molar-refractivity contribution in [3.63, 3.8) is 0 Å². The normalized spacial score (nSPS) is 11.3. The third-order valence-corrected chi connectivity index (χ3v) is 5.00. The Labute approximate surface area is 176 Å². The number of nitrogens with one attached hydrogen (secondary N) is 2. The summed E-state index contributed by atoms with van der Waals surface area (Å²) in [6.45, 7) is 0.653. The first-order valence-electron chi connectivity index (χ1n) is 9.91. The van der Waals surface area contributed by atoms with Crippen molar-refractivity contribution >= 4 is 27.9 Å². The predicted molar refractivity (Wildman–Crippen MR) is 116 cm³/mol. The molecule has 2 N–H and O–H groups in total. The molecule has 8 heteroatoms. The second kappa shape index (κ2) is 8.06. The van der Waals surface area contributed by atoms with Crippen LogP contribution in [-0.4, -0.2) is 31.5 Å². The molecule has 154 valence electrons. The number of aromatic amines is 1. The van der Waals surface area contributed by atoms with E-state index in [0.717, 1.165) is 34.5 Å². The van der Waals surface area contributed by atoms with Gasteiger partial charge < -0.3 is 10.3 Å². The van der Waals surface area contributed by atoms with E-state index in [1.807, 2.05) is 12.1 Å². The molecule has 0 amide bonds. The molecule has 0 fully saturated rings. The monoisotopic (exact) mass is 416 g/mol. The Balaban J connectivity index is 1.30. The van der Waals surface area contributed by atoms with Gasteiger partial charge in [-0.05, 0) is 61.0 Å². The maximum Gasteiger partial charge on any atom is 0.156 e. The quantitative estimate of drug-likeness (QED) is 0.385. The van der Waals surface area contributed by atoms with Crippen molar-refractivity contribution in [2.75, 3.05) is 11.9 Å². The number of nitrogens with zero attached hydrogens (tertiary/aromatic N) is 4. The number of aromatic nitrogens is 5. The summed E-state index contributed by atoms with van der Waals surface area (Å²) >= 11 is 0. The lowest BCUT2D eigenvalue weighted by Crippen LogP contribution is -2.07. The third kappa shape index (κ3) is 4.05. The van der Waals surface area contributed by atoms with Crippen LogP contribution in [0.25, 0.3) is 33.3 Å². The van der Waals surface area contributed by atoms with Crippen molar-refractivity contribution < 1.29 is 8.78 Å². The molecule has 0 saturated carbocycles. The van der Waals surface area contributed by atoms with Gasteiger partial charge in [0.15, 0.2) is 5.82 Å². The van der Waals surface area contributed by atoms with Crippen LogP contribution >= 0.6 is 0 Å². The largest absolute Gasteiger partial charge is 0.368 e. The number of halogens is 2. The van der Waals surface area contributed by atoms with Crippen LogP contribution in [0.15, 0.2) is 60.9 Å². The molecular formula is C23H18F2N6. The number of hydrogen-bond donors (Lipinski definition) is 2. The van der Waals surface area contributed by atoms with E-state index in [-0.39, 0.29) is 11.6 Å². The smallest absolute Gasteiger partial charge is 0.156 e. The molecule has 0 saturated heterocycles. The van der Waals surface area contributed by atoms with Crippen LogP contribution in [0.1, 0.15) is 12.2 Å². The van der Waals surface area contributed by atoms with Crippen LogP contribution in [0.5, 0.6) is 0 Å². The first kappa shape index (κ1) is 19.0. The van der Waals surface area contributed by atoms with Gasteiger partial charge in [0.05, 0.1) is 22.2 Å². The van der Waals surface area contributed by atoms with Gasteiger partial charge >= 0.3 is 0 Å². The fraction of sp³-hybridized carbons (Fsp3) is 0.130. The van der Waals surface area contributed by atoms with Crippen molar-refractivity contribution in [1.82, 2.24) is 24.9 Å². The molecule has 3 heterocycles. The zero-order chi connectivity index (χ0) is 21.2. The van der Waals surface area contributed by atoms with Gasteiger partial charge in [-0.3, -0.25) is 0 Å². The Hall–Kier alpha value is -3.94. The van der Waals surface area contributed by atoms with Gasteiger partial charge in [0.25, 0.3) is 0 Å².